The number of carbonyl (C=O) groups is 2. The Morgan fingerprint density at radius 3 is 2.96 bits per heavy atom. The Balaban J connectivity index is 1.84. The van der Waals surface area contributed by atoms with Crippen molar-refractivity contribution in [2.45, 2.75) is 25.9 Å². The van der Waals surface area contributed by atoms with Crippen molar-refractivity contribution < 1.29 is 14.3 Å². The molecule has 0 spiro atoms. The number of hydrogen-bond acceptors (Lipinski definition) is 5. The molecule has 0 fully saturated rings. The van der Waals surface area contributed by atoms with Gasteiger partial charge in [-0.25, -0.2) is 14.6 Å². The number of nitrogens with zero attached hydrogens (tertiary/aromatic N) is 2. The summed E-state index contributed by atoms with van der Waals surface area (Å²) in [6.07, 6.45) is 3.65. The molecule has 0 saturated heterocycles. The zero-order chi connectivity index (χ0) is 19.4. The monoisotopic (exact) mass is 386 g/mol. The standard InChI is InChI=1S/C19H22N4O3S/c1-4-26-17(24)14-10-21-18(25)22-15(14)11-27-19-20-8-9-23(19)16-7-5-6-12(2)13(16)3/h5-9H,4,10-11H2,1-3H3,(H2,21,22,25). The van der Waals surface area contributed by atoms with Crippen LogP contribution in [0.15, 0.2) is 47.0 Å². The Morgan fingerprint density at radius 2 is 2.19 bits per heavy atom. The van der Waals surface area contributed by atoms with Crippen molar-refractivity contribution in [3.05, 3.63) is 53.0 Å². The van der Waals surface area contributed by atoms with Gasteiger partial charge >= 0.3 is 12.0 Å². The van der Waals surface area contributed by atoms with Crippen LogP contribution in [0.5, 0.6) is 0 Å². The first kappa shape index (κ1) is 19.0. The van der Waals surface area contributed by atoms with Crippen molar-refractivity contribution in [1.82, 2.24) is 20.2 Å². The predicted octanol–water partition coefficient (Wildman–Crippen LogP) is 2.71. The zero-order valence-electron chi connectivity index (χ0n) is 15.5. The number of nitrogens with one attached hydrogen (secondary N) is 2. The van der Waals surface area contributed by atoms with Gasteiger partial charge in [0, 0.05) is 23.8 Å². The lowest BCUT2D eigenvalue weighted by molar-refractivity contribution is -0.138. The molecule has 1 aromatic heterocycles. The summed E-state index contributed by atoms with van der Waals surface area (Å²) in [5.41, 5.74) is 4.43. The van der Waals surface area contributed by atoms with Crippen LogP contribution in [0.25, 0.3) is 5.69 Å². The number of esters is 1. The first-order chi connectivity index (χ1) is 13.0. The maximum Gasteiger partial charge on any atom is 0.337 e. The fourth-order valence-corrected chi connectivity index (χ4v) is 3.74. The van der Waals surface area contributed by atoms with Gasteiger partial charge in [0.15, 0.2) is 5.16 Å². The molecule has 0 unspecified atom stereocenters. The van der Waals surface area contributed by atoms with Crippen molar-refractivity contribution in [2.24, 2.45) is 0 Å². The van der Waals surface area contributed by atoms with Gasteiger partial charge in [-0.15, -0.1) is 0 Å². The normalized spacial score (nSPS) is 14.0. The summed E-state index contributed by atoms with van der Waals surface area (Å²) in [5, 5.41) is 6.11. The van der Waals surface area contributed by atoms with E-state index in [0.717, 1.165) is 10.8 Å². The highest BCUT2D eigenvalue weighted by Crippen LogP contribution is 2.26. The number of imidazole rings is 1. The van der Waals surface area contributed by atoms with Crippen LogP contribution in [0.3, 0.4) is 0 Å². The zero-order valence-corrected chi connectivity index (χ0v) is 16.4. The average molecular weight is 386 g/mol. The lowest BCUT2D eigenvalue weighted by Gasteiger charge is -2.21. The van der Waals surface area contributed by atoms with Crippen LogP contribution >= 0.6 is 11.8 Å². The van der Waals surface area contributed by atoms with Crippen molar-refractivity contribution in [1.29, 1.82) is 0 Å². The number of urea groups is 1. The molecule has 2 heterocycles. The minimum Gasteiger partial charge on any atom is -0.463 e. The molecule has 0 atom stereocenters. The van der Waals surface area contributed by atoms with Gasteiger partial charge in [0.1, 0.15) is 0 Å². The molecular formula is C19H22N4O3S. The Kier molecular flexibility index (Phi) is 5.85. The van der Waals surface area contributed by atoms with Crippen LogP contribution in [0.1, 0.15) is 18.1 Å². The molecule has 1 aromatic carbocycles. The molecule has 8 heteroatoms. The third-order valence-corrected chi connectivity index (χ3v) is 5.36. The van der Waals surface area contributed by atoms with Gasteiger partial charge < -0.3 is 15.4 Å². The van der Waals surface area contributed by atoms with E-state index in [4.69, 9.17) is 4.74 Å². The summed E-state index contributed by atoms with van der Waals surface area (Å²) in [4.78, 5) is 28.3. The van der Waals surface area contributed by atoms with E-state index in [1.165, 1.54) is 22.9 Å². The van der Waals surface area contributed by atoms with Gasteiger partial charge in [-0.3, -0.25) is 4.57 Å². The Bertz CT molecular complexity index is 904. The average Bonchev–Trinajstić information content (AvgIpc) is 3.11. The second kappa shape index (κ2) is 8.30. The topological polar surface area (TPSA) is 85.2 Å². The molecule has 1 aliphatic heterocycles. The molecule has 0 saturated carbocycles. The van der Waals surface area contributed by atoms with E-state index in [1.807, 2.05) is 22.9 Å². The fraction of sp³-hybridized carbons (Fsp3) is 0.316. The first-order valence-corrected chi connectivity index (χ1v) is 9.66. The van der Waals surface area contributed by atoms with Gasteiger partial charge in [0.05, 0.1) is 24.4 Å². The maximum atomic E-state index is 12.1. The van der Waals surface area contributed by atoms with Gasteiger partial charge in [0.25, 0.3) is 0 Å². The van der Waals surface area contributed by atoms with E-state index < -0.39 is 5.97 Å². The van der Waals surface area contributed by atoms with E-state index >= 15 is 0 Å². The van der Waals surface area contributed by atoms with Crippen LogP contribution in [0.2, 0.25) is 0 Å². The molecule has 2 amide bonds. The molecule has 2 N–H and O–H groups in total. The summed E-state index contributed by atoms with van der Waals surface area (Å²) in [6.45, 7) is 6.35. The lowest BCUT2D eigenvalue weighted by atomic mass is 10.1. The van der Waals surface area contributed by atoms with Gasteiger partial charge in [0.2, 0.25) is 0 Å². The predicted molar refractivity (Wildman–Crippen MR) is 104 cm³/mol. The summed E-state index contributed by atoms with van der Waals surface area (Å²) in [6, 6.07) is 5.81. The fourth-order valence-electron chi connectivity index (χ4n) is 2.78. The van der Waals surface area contributed by atoms with E-state index in [2.05, 4.69) is 35.5 Å². The van der Waals surface area contributed by atoms with Crippen LogP contribution < -0.4 is 10.6 Å². The molecular weight excluding hydrogens is 364 g/mol. The van der Waals surface area contributed by atoms with Crippen molar-refractivity contribution in [3.63, 3.8) is 0 Å². The highest BCUT2D eigenvalue weighted by Gasteiger charge is 2.24. The highest BCUT2D eigenvalue weighted by atomic mass is 32.2. The molecule has 7 nitrogen and oxygen atoms in total. The second-order valence-electron chi connectivity index (χ2n) is 6.07. The third-order valence-electron chi connectivity index (χ3n) is 4.36. The quantitative estimate of drug-likeness (QED) is 0.589. The second-order valence-corrected chi connectivity index (χ2v) is 7.02. The molecule has 0 radical (unpaired) electrons. The smallest absolute Gasteiger partial charge is 0.337 e. The molecule has 0 aliphatic carbocycles. The van der Waals surface area contributed by atoms with E-state index in [0.29, 0.717) is 17.0 Å². The largest absolute Gasteiger partial charge is 0.463 e. The summed E-state index contributed by atoms with van der Waals surface area (Å²) >= 11 is 1.45. The molecule has 1 aliphatic rings. The number of aryl methyl sites for hydroxylation is 1. The van der Waals surface area contributed by atoms with E-state index in [-0.39, 0.29) is 19.2 Å². The van der Waals surface area contributed by atoms with E-state index in [1.54, 1.807) is 13.1 Å². The molecule has 2 aromatic rings. The van der Waals surface area contributed by atoms with Crippen LogP contribution in [-0.2, 0) is 9.53 Å². The van der Waals surface area contributed by atoms with Gasteiger partial charge in [-0.2, -0.15) is 0 Å². The number of thioether (sulfide) groups is 1. The minimum atomic E-state index is -0.418. The van der Waals surface area contributed by atoms with Crippen molar-refractivity contribution >= 4 is 23.8 Å². The van der Waals surface area contributed by atoms with Gasteiger partial charge in [-0.05, 0) is 38.0 Å². The summed E-state index contributed by atoms with van der Waals surface area (Å²) in [5.74, 6) is -0.0119. The number of carbonyl (C=O) groups excluding carboxylic acids is 2. The van der Waals surface area contributed by atoms with Crippen LogP contribution in [0, 0.1) is 13.8 Å². The van der Waals surface area contributed by atoms with E-state index in [9.17, 15) is 9.59 Å². The lowest BCUT2D eigenvalue weighted by Crippen LogP contribution is -2.44. The number of ether oxygens (including phenoxy) is 1. The Labute approximate surface area is 162 Å². The Hall–Kier alpha value is -2.74. The molecule has 27 heavy (non-hydrogen) atoms. The highest BCUT2D eigenvalue weighted by molar-refractivity contribution is 7.99. The van der Waals surface area contributed by atoms with Crippen LogP contribution in [-0.4, -0.2) is 40.5 Å². The number of aromatic nitrogens is 2. The number of hydrogen-bond donors (Lipinski definition) is 2. The van der Waals surface area contributed by atoms with Crippen molar-refractivity contribution in [3.8, 4) is 5.69 Å². The van der Waals surface area contributed by atoms with Crippen LogP contribution in [0.4, 0.5) is 4.79 Å². The first-order valence-electron chi connectivity index (χ1n) is 8.68. The number of benzene rings is 1. The molecule has 0 bridgehead atoms. The Morgan fingerprint density at radius 1 is 1.37 bits per heavy atom. The van der Waals surface area contributed by atoms with Crippen molar-refractivity contribution in [2.75, 3.05) is 18.9 Å². The minimum absolute atomic E-state index is 0.159. The van der Waals surface area contributed by atoms with Gasteiger partial charge in [-0.1, -0.05) is 23.9 Å². The number of rotatable bonds is 6. The summed E-state index contributed by atoms with van der Waals surface area (Å²) < 4.78 is 7.10. The number of amides is 2. The molecule has 142 valence electrons. The maximum absolute atomic E-state index is 12.1. The third kappa shape index (κ3) is 4.16. The summed E-state index contributed by atoms with van der Waals surface area (Å²) in [7, 11) is 0. The molecule has 3 rings (SSSR count). The SMILES string of the molecule is CCOC(=O)C1=C(CSc2nccn2-c2cccc(C)c2C)NC(=O)NC1.